The van der Waals surface area contributed by atoms with Gasteiger partial charge in [-0.15, -0.1) is 0 Å². The molecule has 0 saturated carbocycles. The van der Waals surface area contributed by atoms with Crippen LogP contribution in [0.5, 0.6) is 0 Å². The lowest BCUT2D eigenvalue weighted by Gasteiger charge is -2.19. The molecule has 1 fully saturated rings. The molecular formula is C11H13FN2O3S. The van der Waals surface area contributed by atoms with Crippen molar-refractivity contribution in [3.63, 3.8) is 0 Å². The Morgan fingerprint density at radius 1 is 1.28 bits per heavy atom. The number of benzene rings is 1. The highest BCUT2D eigenvalue weighted by Gasteiger charge is 2.26. The number of rotatable bonds is 2. The Bertz CT molecular complexity index is 559. The predicted molar refractivity (Wildman–Crippen MR) is 62.8 cm³/mol. The maximum Gasteiger partial charge on any atom is 0.243 e. The Morgan fingerprint density at radius 2 is 2.06 bits per heavy atom. The molecule has 98 valence electrons. The van der Waals surface area contributed by atoms with Gasteiger partial charge in [-0.3, -0.25) is 4.79 Å². The third kappa shape index (κ3) is 2.68. The molecule has 7 heteroatoms. The largest absolute Gasteiger partial charge is 0.355 e. The van der Waals surface area contributed by atoms with Crippen LogP contribution in [0.3, 0.4) is 0 Å². The molecule has 1 aliphatic rings. The first-order chi connectivity index (χ1) is 8.50. The fraction of sp³-hybridized carbons (Fsp3) is 0.364. The van der Waals surface area contributed by atoms with E-state index in [4.69, 9.17) is 0 Å². The first-order valence-electron chi connectivity index (χ1n) is 5.52. The maximum atomic E-state index is 13.1. The SMILES string of the molecule is O=C1CCN(S(=O)(=O)c2cccc(F)c2)CCN1. The zero-order valence-electron chi connectivity index (χ0n) is 9.60. The van der Waals surface area contributed by atoms with Crippen molar-refractivity contribution in [1.29, 1.82) is 0 Å². The average molecular weight is 272 g/mol. The second kappa shape index (κ2) is 5.03. The first-order valence-corrected chi connectivity index (χ1v) is 6.96. The van der Waals surface area contributed by atoms with Crippen molar-refractivity contribution in [1.82, 2.24) is 9.62 Å². The normalized spacial score (nSPS) is 18.2. The van der Waals surface area contributed by atoms with Gasteiger partial charge in [0, 0.05) is 26.1 Å². The number of carbonyl (C=O) groups is 1. The molecule has 1 aliphatic heterocycles. The smallest absolute Gasteiger partial charge is 0.243 e. The zero-order chi connectivity index (χ0) is 13.2. The summed E-state index contributed by atoms with van der Waals surface area (Å²) in [5.41, 5.74) is 0. The Labute approximate surface area is 105 Å². The summed E-state index contributed by atoms with van der Waals surface area (Å²) in [6.07, 6.45) is 0.120. The summed E-state index contributed by atoms with van der Waals surface area (Å²) in [5.74, 6) is -0.771. The highest BCUT2D eigenvalue weighted by Crippen LogP contribution is 2.17. The minimum absolute atomic E-state index is 0.0863. The molecule has 0 aliphatic carbocycles. The van der Waals surface area contributed by atoms with Gasteiger partial charge in [-0.05, 0) is 18.2 Å². The maximum absolute atomic E-state index is 13.1. The number of nitrogens with zero attached hydrogens (tertiary/aromatic N) is 1. The van der Waals surface area contributed by atoms with E-state index in [1.165, 1.54) is 22.5 Å². The second-order valence-corrected chi connectivity index (χ2v) is 5.90. The molecule has 5 nitrogen and oxygen atoms in total. The first kappa shape index (κ1) is 13.0. The molecule has 1 saturated heterocycles. The van der Waals surface area contributed by atoms with Gasteiger partial charge in [0.1, 0.15) is 5.82 Å². The molecule has 0 bridgehead atoms. The van der Waals surface area contributed by atoms with Crippen LogP contribution in [0.15, 0.2) is 29.2 Å². The fourth-order valence-corrected chi connectivity index (χ4v) is 3.24. The highest BCUT2D eigenvalue weighted by molar-refractivity contribution is 7.89. The molecule has 1 amide bonds. The van der Waals surface area contributed by atoms with Crippen molar-refractivity contribution < 1.29 is 17.6 Å². The molecule has 0 atom stereocenters. The van der Waals surface area contributed by atoms with Crippen molar-refractivity contribution in [2.45, 2.75) is 11.3 Å². The molecule has 0 unspecified atom stereocenters. The van der Waals surface area contributed by atoms with Gasteiger partial charge >= 0.3 is 0 Å². The van der Waals surface area contributed by atoms with Crippen LogP contribution in [0.25, 0.3) is 0 Å². The van der Waals surface area contributed by atoms with Gasteiger partial charge in [0.25, 0.3) is 0 Å². The Kier molecular flexibility index (Phi) is 3.63. The quantitative estimate of drug-likeness (QED) is 0.844. The summed E-state index contributed by atoms with van der Waals surface area (Å²) >= 11 is 0. The van der Waals surface area contributed by atoms with Crippen LogP contribution >= 0.6 is 0 Å². The number of carbonyl (C=O) groups excluding carboxylic acids is 1. The van der Waals surface area contributed by atoms with Crippen LogP contribution in [-0.2, 0) is 14.8 Å². The van der Waals surface area contributed by atoms with E-state index < -0.39 is 15.8 Å². The van der Waals surface area contributed by atoms with E-state index in [2.05, 4.69) is 5.32 Å². The molecule has 1 aromatic rings. The van der Waals surface area contributed by atoms with Crippen molar-refractivity contribution >= 4 is 15.9 Å². The van der Waals surface area contributed by atoms with E-state index in [9.17, 15) is 17.6 Å². The van der Waals surface area contributed by atoms with E-state index in [-0.39, 0.29) is 36.9 Å². The van der Waals surface area contributed by atoms with Crippen molar-refractivity contribution in [2.24, 2.45) is 0 Å². The highest BCUT2D eigenvalue weighted by atomic mass is 32.2. The van der Waals surface area contributed by atoms with Gasteiger partial charge in [0.05, 0.1) is 4.90 Å². The van der Waals surface area contributed by atoms with Crippen molar-refractivity contribution in [2.75, 3.05) is 19.6 Å². The van der Waals surface area contributed by atoms with Crippen LogP contribution in [-0.4, -0.2) is 38.3 Å². The van der Waals surface area contributed by atoms with Gasteiger partial charge in [-0.2, -0.15) is 4.31 Å². The lowest BCUT2D eigenvalue weighted by atomic mass is 10.4. The Morgan fingerprint density at radius 3 is 2.78 bits per heavy atom. The van der Waals surface area contributed by atoms with Gasteiger partial charge in [-0.25, -0.2) is 12.8 Å². The van der Waals surface area contributed by atoms with E-state index in [1.807, 2.05) is 0 Å². The summed E-state index contributed by atoms with van der Waals surface area (Å²) in [6.45, 7) is 0.586. The molecule has 0 spiro atoms. The predicted octanol–water partition coefficient (Wildman–Crippen LogP) is 0.336. The molecule has 1 aromatic carbocycles. The lowest BCUT2D eigenvalue weighted by Crippen LogP contribution is -2.34. The third-order valence-electron chi connectivity index (χ3n) is 2.71. The molecule has 18 heavy (non-hydrogen) atoms. The number of nitrogens with one attached hydrogen (secondary N) is 1. The number of hydrogen-bond donors (Lipinski definition) is 1. The number of amides is 1. The van der Waals surface area contributed by atoms with Crippen LogP contribution in [0, 0.1) is 5.82 Å². The molecule has 0 radical (unpaired) electrons. The van der Waals surface area contributed by atoms with Crippen LogP contribution < -0.4 is 5.32 Å². The summed E-state index contributed by atoms with van der Waals surface area (Å²) < 4.78 is 38.7. The number of hydrogen-bond acceptors (Lipinski definition) is 3. The van der Waals surface area contributed by atoms with Crippen molar-refractivity contribution in [3.05, 3.63) is 30.1 Å². The Hall–Kier alpha value is -1.47. The minimum Gasteiger partial charge on any atom is -0.355 e. The second-order valence-electron chi connectivity index (χ2n) is 3.96. The van der Waals surface area contributed by atoms with Gasteiger partial charge in [-0.1, -0.05) is 6.07 Å². The van der Waals surface area contributed by atoms with Crippen LogP contribution in [0.1, 0.15) is 6.42 Å². The van der Waals surface area contributed by atoms with E-state index >= 15 is 0 Å². The molecular weight excluding hydrogens is 259 g/mol. The van der Waals surface area contributed by atoms with E-state index in [0.717, 1.165) is 6.07 Å². The van der Waals surface area contributed by atoms with E-state index in [0.29, 0.717) is 0 Å². The fourth-order valence-electron chi connectivity index (χ4n) is 1.76. The molecule has 1 heterocycles. The standard InChI is InChI=1S/C11H13FN2O3S/c12-9-2-1-3-10(8-9)18(16,17)14-6-4-11(15)13-5-7-14/h1-3,8H,4-7H2,(H,13,15). The van der Waals surface area contributed by atoms with Crippen molar-refractivity contribution in [3.8, 4) is 0 Å². The van der Waals surface area contributed by atoms with E-state index in [1.54, 1.807) is 0 Å². The van der Waals surface area contributed by atoms with Crippen LogP contribution in [0.4, 0.5) is 4.39 Å². The van der Waals surface area contributed by atoms with Gasteiger partial charge < -0.3 is 5.32 Å². The summed E-state index contributed by atoms with van der Waals surface area (Å²) in [6, 6.07) is 4.87. The monoisotopic (exact) mass is 272 g/mol. The summed E-state index contributed by atoms with van der Waals surface area (Å²) in [5, 5.41) is 2.59. The third-order valence-corrected chi connectivity index (χ3v) is 4.60. The topological polar surface area (TPSA) is 66.5 Å². The summed E-state index contributed by atoms with van der Waals surface area (Å²) in [7, 11) is -3.73. The minimum atomic E-state index is -3.73. The Balaban J connectivity index is 2.28. The molecule has 1 N–H and O–H groups in total. The number of sulfonamides is 1. The average Bonchev–Trinajstić information content (AvgIpc) is 2.54. The summed E-state index contributed by atoms with van der Waals surface area (Å²) in [4.78, 5) is 11.1. The lowest BCUT2D eigenvalue weighted by molar-refractivity contribution is -0.120. The van der Waals surface area contributed by atoms with Gasteiger partial charge in [0.15, 0.2) is 0 Å². The van der Waals surface area contributed by atoms with Crippen LogP contribution in [0.2, 0.25) is 0 Å². The number of halogens is 1. The molecule has 0 aromatic heterocycles. The zero-order valence-corrected chi connectivity index (χ0v) is 10.4. The van der Waals surface area contributed by atoms with Gasteiger partial charge in [0.2, 0.25) is 15.9 Å². The molecule has 2 rings (SSSR count).